The maximum atomic E-state index is 5.64. The van der Waals surface area contributed by atoms with Crippen molar-refractivity contribution in [3.63, 3.8) is 0 Å². The number of hydrogen-bond donors (Lipinski definition) is 1. The van der Waals surface area contributed by atoms with Crippen LogP contribution in [0.25, 0.3) is 0 Å². The van der Waals surface area contributed by atoms with Gasteiger partial charge >= 0.3 is 0 Å². The Bertz CT molecular complexity index is 561. The smallest absolute Gasteiger partial charge is 0.227 e. The van der Waals surface area contributed by atoms with Gasteiger partial charge in [0.15, 0.2) is 0 Å². The van der Waals surface area contributed by atoms with Crippen LogP contribution in [0.15, 0.2) is 12.3 Å². The summed E-state index contributed by atoms with van der Waals surface area (Å²) < 4.78 is 11.1. The highest BCUT2D eigenvalue weighted by atomic mass is 16.5. The summed E-state index contributed by atoms with van der Waals surface area (Å²) in [5.41, 5.74) is 0. The molecule has 3 fully saturated rings. The number of aromatic nitrogens is 2. The van der Waals surface area contributed by atoms with Gasteiger partial charge in [-0.2, -0.15) is 4.98 Å². The number of rotatable bonds is 5. The minimum Gasteiger partial charge on any atom is -0.381 e. The molecule has 0 aromatic carbocycles. The van der Waals surface area contributed by atoms with Crippen molar-refractivity contribution in [2.75, 3.05) is 69.4 Å². The highest BCUT2D eigenvalue weighted by Crippen LogP contribution is 2.20. The molecule has 0 radical (unpaired) electrons. The number of hydrogen-bond acceptors (Lipinski definition) is 7. The molecule has 7 heteroatoms. The second-order valence-corrected chi connectivity index (χ2v) is 7.67. The Kier molecular flexibility index (Phi) is 6.19. The number of piperidine rings is 1. The van der Waals surface area contributed by atoms with Crippen LogP contribution in [-0.4, -0.2) is 80.1 Å². The Balaban J connectivity index is 1.31. The number of nitrogens with one attached hydrogen (secondary N) is 1. The van der Waals surface area contributed by atoms with E-state index in [4.69, 9.17) is 14.5 Å². The summed E-state index contributed by atoms with van der Waals surface area (Å²) in [6.45, 7) is 8.58. The molecule has 0 amide bonds. The molecule has 0 spiro atoms. The van der Waals surface area contributed by atoms with Crippen molar-refractivity contribution < 1.29 is 9.47 Å². The Labute approximate surface area is 156 Å². The topological polar surface area (TPSA) is 62.8 Å². The molecule has 26 heavy (non-hydrogen) atoms. The molecule has 3 aliphatic heterocycles. The SMILES string of the molecule is c1cc(NC2CCCN(CC3CCCOC3)C2)nc(N2CCOCC2)n1. The zero-order chi connectivity index (χ0) is 17.6. The van der Waals surface area contributed by atoms with E-state index in [-0.39, 0.29) is 0 Å². The van der Waals surface area contributed by atoms with Crippen LogP contribution in [-0.2, 0) is 9.47 Å². The van der Waals surface area contributed by atoms with Gasteiger partial charge in [-0.25, -0.2) is 4.98 Å². The molecule has 0 aliphatic carbocycles. The van der Waals surface area contributed by atoms with Crippen molar-refractivity contribution in [3.8, 4) is 0 Å². The number of morpholine rings is 1. The monoisotopic (exact) mass is 361 g/mol. The van der Waals surface area contributed by atoms with E-state index in [0.717, 1.165) is 57.8 Å². The van der Waals surface area contributed by atoms with Gasteiger partial charge < -0.3 is 24.6 Å². The van der Waals surface area contributed by atoms with Gasteiger partial charge in [-0.1, -0.05) is 0 Å². The second kappa shape index (κ2) is 8.97. The van der Waals surface area contributed by atoms with E-state index in [1.165, 1.54) is 38.8 Å². The third-order valence-electron chi connectivity index (χ3n) is 5.57. The highest BCUT2D eigenvalue weighted by Gasteiger charge is 2.24. The van der Waals surface area contributed by atoms with Crippen LogP contribution < -0.4 is 10.2 Å². The van der Waals surface area contributed by atoms with Crippen LogP contribution in [0.5, 0.6) is 0 Å². The van der Waals surface area contributed by atoms with E-state index in [1.807, 2.05) is 12.3 Å². The molecule has 2 atom stereocenters. The van der Waals surface area contributed by atoms with Crippen molar-refractivity contribution >= 4 is 11.8 Å². The van der Waals surface area contributed by atoms with Gasteiger partial charge in [0.2, 0.25) is 5.95 Å². The third-order valence-corrected chi connectivity index (χ3v) is 5.57. The lowest BCUT2D eigenvalue weighted by Crippen LogP contribution is -2.45. The van der Waals surface area contributed by atoms with E-state index in [1.54, 1.807) is 0 Å². The summed E-state index contributed by atoms with van der Waals surface area (Å²) >= 11 is 0. The number of nitrogens with zero attached hydrogens (tertiary/aromatic N) is 4. The van der Waals surface area contributed by atoms with Gasteiger partial charge in [-0.3, -0.25) is 0 Å². The van der Waals surface area contributed by atoms with E-state index < -0.39 is 0 Å². The number of ether oxygens (including phenoxy) is 2. The van der Waals surface area contributed by atoms with Crippen LogP contribution in [0.2, 0.25) is 0 Å². The van der Waals surface area contributed by atoms with Crippen molar-refractivity contribution in [3.05, 3.63) is 12.3 Å². The van der Waals surface area contributed by atoms with Crippen LogP contribution in [0, 0.1) is 5.92 Å². The van der Waals surface area contributed by atoms with Crippen molar-refractivity contribution in [2.24, 2.45) is 5.92 Å². The standard InChI is InChI=1S/C19H31N5O2/c1-4-17(14-23(7-1)13-16-3-2-10-26-15-16)21-18-5-6-20-19(22-18)24-8-11-25-12-9-24/h5-6,16-17H,1-4,7-15H2,(H,20,21,22). The zero-order valence-electron chi connectivity index (χ0n) is 15.6. The third kappa shape index (κ3) is 4.84. The molecule has 0 bridgehead atoms. The van der Waals surface area contributed by atoms with Crippen molar-refractivity contribution in [2.45, 2.75) is 31.7 Å². The lowest BCUT2D eigenvalue weighted by atomic mass is 9.99. The quantitative estimate of drug-likeness (QED) is 0.855. The molecular formula is C19H31N5O2. The van der Waals surface area contributed by atoms with E-state index in [2.05, 4.69) is 20.1 Å². The summed E-state index contributed by atoms with van der Waals surface area (Å²) in [4.78, 5) is 14.0. The first-order valence-corrected chi connectivity index (χ1v) is 10.1. The normalized spacial score (nSPS) is 28.1. The maximum absolute atomic E-state index is 5.64. The summed E-state index contributed by atoms with van der Waals surface area (Å²) in [6.07, 6.45) is 6.83. The van der Waals surface area contributed by atoms with Gasteiger partial charge in [0, 0.05) is 45.0 Å². The lowest BCUT2D eigenvalue weighted by Gasteiger charge is -2.36. The van der Waals surface area contributed by atoms with E-state index >= 15 is 0 Å². The molecule has 2 unspecified atom stereocenters. The summed E-state index contributed by atoms with van der Waals surface area (Å²) in [6, 6.07) is 2.44. The summed E-state index contributed by atoms with van der Waals surface area (Å²) in [5, 5.41) is 3.65. The average molecular weight is 361 g/mol. The van der Waals surface area contributed by atoms with Gasteiger partial charge in [-0.05, 0) is 44.2 Å². The van der Waals surface area contributed by atoms with Crippen LogP contribution in [0.3, 0.4) is 0 Å². The zero-order valence-corrected chi connectivity index (χ0v) is 15.6. The maximum Gasteiger partial charge on any atom is 0.227 e. The predicted molar refractivity (Wildman–Crippen MR) is 102 cm³/mol. The average Bonchev–Trinajstić information content (AvgIpc) is 2.70. The fourth-order valence-electron chi connectivity index (χ4n) is 4.21. The van der Waals surface area contributed by atoms with Gasteiger partial charge in [0.25, 0.3) is 0 Å². The largest absolute Gasteiger partial charge is 0.381 e. The molecule has 3 aliphatic rings. The first kappa shape index (κ1) is 17.9. The first-order valence-electron chi connectivity index (χ1n) is 10.1. The minimum absolute atomic E-state index is 0.459. The summed E-state index contributed by atoms with van der Waals surface area (Å²) in [5.74, 6) is 2.45. The van der Waals surface area contributed by atoms with Gasteiger partial charge in [0.1, 0.15) is 5.82 Å². The Morgan fingerprint density at radius 1 is 1.08 bits per heavy atom. The molecule has 7 nitrogen and oxygen atoms in total. The molecule has 3 saturated heterocycles. The molecule has 0 saturated carbocycles. The van der Waals surface area contributed by atoms with Crippen molar-refractivity contribution in [1.29, 1.82) is 0 Å². The van der Waals surface area contributed by atoms with E-state index in [9.17, 15) is 0 Å². The second-order valence-electron chi connectivity index (χ2n) is 7.67. The molecule has 4 rings (SSSR count). The Hall–Kier alpha value is -1.44. The van der Waals surface area contributed by atoms with Crippen LogP contribution in [0.4, 0.5) is 11.8 Å². The lowest BCUT2D eigenvalue weighted by molar-refractivity contribution is 0.0348. The van der Waals surface area contributed by atoms with Crippen LogP contribution >= 0.6 is 0 Å². The minimum atomic E-state index is 0.459. The molecule has 144 valence electrons. The Morgan fingerprint density at radius 3 is 2.85 bits per heavy atom. The predicted octanol–water partition coefficient (Wildman–Crippen LogP) is 1.62. The Morgan fingerprint density at radius 2 is 2.00 bits per heavy atom. The highest BCUT2D eigenvalue weighted by molar-refractivity contribution is 5.42. The molecule has 1 aromatic rings. The molecule has 4 heterocycles. The first-order chi connectivity index (χ1) is 12.9. The van der Waals surface area contributed by atoms with Crippen molar-refractivity contribution in [1.82, 2.24) is 14.9 Å². The number of anilines is 2. The molecule has 1 N–H and O–H groups in total. The van der Waals surface area contributed by atoms with Gasteiger partial charge in [0.05, 0.1) is 19.8 Å². The van der Waals surface area contributed by atoms with E-state index in [0.29, 0.717) is 12.0 Å². The van der Waals surface area contributed by atoms with Gasteiger partial charge in [-0.15, -0.1) is 0 Å². The number of likely N-dealkylation sites (tertiary alicyclic amines) is 1. The molecular weight excluding hydrogens is 330 g/mol. The molecule has 1 aromatic heterocycles. The fourth-order valence-corrected chi connectivity index (χ4v) is 4.21. The van der Waals surface area contributed by atoms with Crippen LogP contribution in [0.1, 0.15) is 25.7 Å². The summed E-state index contributed by atoms with van der Waals surface area (Å²) in [7, 11) is 0. The fraction of sp³-hybridized carbons (Fsp3) is 0.789.